The lowest BCUT2D eigenvalue weighted by molar-refractivity contribution is 0.194. The standard InChI is InChI=1S/C14H16ClFN4O3/c1-23-11-7-10-9(6-8(11)16)20-13(12(15)19-10)17-4-2-3-5-18-14(21)22/h6-7,18H,2-5H2,1H3,(H,17,20)(H,21,22). The van der Waals surface area contributed by atoms with Gasteiger partial charge in [0.1, 0.15) is 0 Å². The minimum atomic E-state index is -1.04. The predicted octanol–water partition coefficient (Wildman–Crippen LogP) is 2.89. The molecule has 0 aliphatic heterocycles. The van der Waals surface area contributed by atoms with Gasteiger partial charge in [-0.3, -0.25) is 0 Å². The van der Waals surface area contributed by atoms with Crippen molar-refractivity contribution in [1.82, 2.24) is 15.3 Å². The molecular formula is C14H16ClFN4O3. The topological polar surface area (TPSA) is 96.4 Å². The van der Waals surface area contributed by atoms with Crippen LogP contribution in [-0.4, -0.2) is 41.4 Å². The zero-order valence-electron chi connectivity index (χ0n) is 12.4. The second-order valence-electron chi connectivity index (χ2n) is 4.70. The van der Waals surface area contributed by atoms with Crippen molar-refractivity contribution in [2.75, 3.05) is 25.5 Å². The van der Waals surface area contributed by atoms with Crippen molar-refractivity contribution in [3.63, 3.8) is 0 Å². The fraction of sp³-hybridized carbons (Fsp3) is 0.357. The molecule has 0 aliphatic carbocycles. The number of carbonyl (C=O) groups is 1. The molecule has 0 saturated carbocycles. The number of rotatable bonds is 7. The Balaban J connectivity index is 2.01. The highest BCUT2D eigenvalue weighted by molar-refractivity contribution is 6.32. The summed E-state index contributed by atoms with van der Waals surface area (Å²) >= 11 is 6.06. The number of aromatic nitrogens is 2. The molecule has 0 atom stereocenters. The summed E-state index contributed by atoms with van der Waals surface area (Å²) in [6.07, 6.45) is 0.343. The Hall–Kier alpha value is -2.35. The van der Waals surface area contributed by atoms with E-state index < -0.39 is 11.9 Å². The van der Waals surface area contributed by atoms with Gasteiger partial charge in [0.25, 0.3) is 0 Å². The van der Waals surface area contributed by atoms with E-state index in [-0.39, 0.29) is 10.9 Å². The van der Waals surface area contributed by atoms with Crippen molar-refractivity contribution >= 4 is 34.5 Å². The molecule has 1 heterocycles. The molecule has 1 aromatic heterocycles. The van der Waals surface area contributed by atoms with Crippen molar-refractivity contribution in [2.45, 2.75) is 12.8 Å². The van der Waals surface area contributed by atoms with Crippen molar-refractivity contribution < 1.29 is 19.0 Å². The van der Waals surface area contributed by atoms with Crippen LogP contribution in [-0.2, 0) is 0 Å². The van der Waals surface area contributed by atoms with Crippen LogP contribution in [0.4, 0.5) is 15.0 Å². The first kappa shape index (κ1) is 17.0. The first-order chi connectivity index (χ1) is 11.0. The molecule has 2 rings (SSSR count). The Kier molecular flexibility index (Phi) is 5.75. The van der Waals surface area contributed by atoms with E-state index in [9.17, 15) is 9.18 Å². The van der Waals surface area contributed by atoms with Gasteiger partial charge in [-0.15, -0.1) is 0 Å². The molecule has 124 valence electrons. The van der Waals surface area contributed by atoms with Crippen LogP contribution in [0.25, 0.3) is 11.0 Å². The fourth-order valence-corrected chi connectivity index (χ4v) is 2.16. The molecule has 0 fully saturated rings. The van der Waals surface area contributed by atoms with Gasteiger partial charge in [-0.2, -0.15) is 0 Å². The fourth-order valence-electron chi connectivity index (χ4n) is 1.96. The third-order valence-electron chi connectivity index (χ3n) is 3.07. The molecule has 0 saturated heterocycles. The third kappa shape index (κ3) is 4.56. The molecule has 0 aliphatic rings. The molecule has 0 unspecified atom stereocenters. The van der Waals surface area contributed by atoms with Crippen LogP contribution in [0.5, 0.6) is 5.75 Å². The van der Waals surface area contributed by atoms with E-state index >= 15 is 0 Å². The number of hydrogen-bond acceptors (Lipinski definition) is 5. The highest BCUT2D eigenvalue weighted by Gasteiger charge is 2.11. The maximum Gasteiger partial charge on any atom is 0.404 e. The van der Waals surface area contributed by atoms with Crippen molar-refractivity contribution in [3.8, 4) is 5.75 Å². The van der Waals surface area contributed by atoms with Gasteiger partial charge in [0.2, 0.25) is 0 Å². The highest BCUT2D eigenvalue weighted by Crippen LogP contribution is 2.26. The Labute approximate surface area is 136 Å². The maximum atomic E-state index is 13.7. The molecular weight excluding hydrogens is 327 g/mol. The monoisotopic (exact) mass is 342 g/mol. The SMILES string of the molecule is COc1cc2nc(Cl)c(NCCCCNC(=O)O)nc2cc1F. The van der Waals surface area contributed by atoms with E-state index in [2.05, 4.69) is 20.6 Å². The molecule has 0 radical (unpaired) electrons. The lowest BCUT2D eigenvalue weighted by Gasteiger charge is -2.09. The van der Waals surface area contributed by atoms with E-state index in [4.69, 9.17) is 21.4 Å². The number of hydrogen-bond donors (Lipinski definition) is 3. The number of amides is 1. The van der Waals surface area contributed by atoms with E-state index in [0.717, 1.165) is 0 Å². The zero-order valence-corrected chi connectivity index (χ0v) is 13.2. The summed E-state index contributed by atoms with van der Waals surface area (Å²) in [4.78, 5) is 18.7. The molecule has 3 N–H and O–H groups in total. The predicted molar refractivity (Wildman–Crippen MR) is 84.8 cm³/mol. The minimum absolute atomic E-state index is 0.0782. The van der Waals surface area contributed by atoms with Crippen LogP contribution in [0, 0.1) is 5.82 Å². The lowest BCUT2D eigenvalue weighted by Crippen LogP contribution is -2.22. The average Bonchev–Trinajstić information content (AvgIpc) is 2.50. The van der Waals surface area contributed by atoms with Gasteiger partial charge in [-0.05, 0) is 12.8 Å². The highest BCUT2D eigenvalue weighted by atomic mass is 35.5. The van der Waals surface area contributed by atoms with Crippen molar-refractivity contribution in [3.05, 3.63) is 23.1 Å². The third-order valence-corrected chi connectivity index (χ3v) is 3.33. The minimum Gasteiger partial charge on any atom is -0.494 e. The average molecular weight is 343 g/mol. The number of unbranched alkanes of at least 4 members (excludes halogenated alkanes) is 1. The van der Waals surface area contributed by atoms with Gasteiger partial charge in [-0.1, -0.05) is 11.6 Å². The summed E-state index contributed by atoms with van der Waals surface area (Å²) in [5.41, 5.74) is 0.798. The number of ether oxygens (including phenoxy) is 1. The summed E-state index contributed by atoms with van der Waals surface area (Å²) in [5, 5.41) is 13.9. The van der Waals surface area contributed by atoms with Gasteiger partial charge in [0.05, 0.1) is 18.1 Å². The van der Waals surface area contributed by atoms with Crippen LogP contribution >= 0.6 is 11.6 Å². The second-order valence-corrected chi connectivity index (χ2v) is 5.06. The van der Waals surface area contributed by atoms with Crippen LogP contribution in [0.3, 0.4) is 0 Å². The first-order valence-corrected chi connectivity index (χ1v) is 7.30. The summed E-state index contributed by atoms with van der Waals surface area (Å²) in [5.74, 6) is -0.0910. The number of methoxy groups -OCH3 is 1. The number of halogens is 2. The Morgan fingerprint density at radius 1 is 1.30 bits per heavy atom. The summed E-state index contributed by atoms with van der Waals surface area (Å²) in [7, 11) is 1.37. The number of nitrogens with zero attached hydrogens (tertiary/aromatic N) is 2. The number of anilines is 1. The zero-order chi connectivity index (χ0) is 16.8. The van der Waals surface area contributed by atoms with Crippen LogP contribution < -0.4 is 15.4 Å². The Morgan fingerprint density at radius 3 is 2.70 bits per heavy atom. The second kappa shape index (κ2) is 7.77. The van der Waals surface area contributed by atoms with Crippen LogP contribution in [0.1, 0.15) is 12.8 Å². The van der Waals surface area contributed by atoms with Gasteiger partial charge in [-0.25, -0.2) is 19.2 Å². The summed E-state index contributed by atoms with van der Waals surface area (Å²) in [6.45, 7) is 0.916. The molecule has 9 heteroatoms. The number of nitrogens with one attached hydrogen (secondary N) is 2. The van der Waals surface area contributed by atoms with Crippen molar-refractivity contribution in [1.29, 1.82) is 0 Å². The quantitative estimate of drug-likeness (QED) is 0.669. The lowest BCUT2D eigenvalue weighted by atomic mass is 10.2. The molecule has 0 bridgehead atoms. The summed E-state index contributed by atoms with van der Waals surface area (Å²) < 4.78 is 18.6. The molecule has 1 amide bonds. The van der Waals surface area contributed by atoms with E-state index in [1.54, 1.807) is 0 Å². The van der Waals surface area contributed by atoms with Gasteiger partial charge < -0.3 is 20.5 Å². The number of benzene rings is 1. The Morgan fingerprint density at radius 2 is 2.00 bits per heavy atom. The maximum absolute atomic E-state index is 13.7. The van der Waals surface area contributed by atoms with E-state index in [1.165, 1.54) is 19.2 Å². The van der Waals surface area contributed by atoms with Crippen molar-refractivity contribution in [2.24, 2.45) is 0 Å². The van der Waals surface area contributed by atoms with Gasteiger partial charge in [0, 0.05) is 25.2 Å². The first-order valence-electron chi connectivity index (χ1n) is 6.92. The number of carboxylic acid groups (broad SMARTS) is 1. The molecule has 2 aromatic rings. The Bertz CT molecular complexity index is 714. The van der Waals surface area contributed by atoms with Crippen LogP contribution in [0.15, 0.2) is 12.1 Å². The van der Waals surface area contributed by atoms with E-state index in [1.807, 2.05) is 0 Å². The van der Waals surface area contributed by atoms with Gasteiger partial charge >= 0.3 is 6.09 Å². The van der Waals surface area contributed by atoms with Crippen LogP contribution in [0.2, 0.25) is 5.15 Å². The molecule has 1 aromatic carbocycles. The normalized spacial score (nSPS) is 10.6. The van der Waals surface area contributed by atoms with E-state index in [0.29, 0.717) is 42.8 Å². The smallest absolute Gasteiger partial charge is 0.404 e. The number of fused-ring (bicyclic) bond motifs is 1. The molecule has 23 heavy (non-hydrogen) atoms. The molecule has 0 spiro atoms. The molecule has 7 nitrogen and oxygen atoms in total. The summed E-state index contributed by atoms with van der Waals surface area (Å²) in [6, 6.07) is 2.67. The largest absolute Gasteiger partial charge is 0.494 e. The van der Waals surface area contributed by atoms with Gasteiger partial charge in [0.15, 0.2) is 22.5 Å².